The number of aryl methyl sites for hydroxylation is 1. The summed E-state index contributed by atoms with van der Waals surface area (Å²) in [5.41, 5.74) is 6.33. The molecular formula is C11H18N4O. The minimum atomic E-state index is 0.0208. The van der Waals surface area contributed by atoms with Gasteiger partial charge in [-0.05, 0) is 12.8 Å². The number of carbonyl (C=O) groups excluding carboxylic acids is 1. The first-order valence-corrected chi connectivity index (χ1v) is 5.77. The third kappa shape index (κ3) is 2.03. The highest BCUT2D eigenvalue weighted by atomic mass is 16.2. The maximum Gasteiger partial charge on any atom is 0.259 e. The first-order chi connectivity index (χ1) is 7.70. The minimum Gasteiger partial charge on any atom is -0.383 e. The Morgan fingerprint density at radius 3 is 2.44 bits per heavy atom. The van der Waals surface area contributed by atoms with Crippen LogP contribution in [0.5, 0.6) is 0 Å². The van der Waals surface area contributed by atoms with Crippen molar-refractivity contribution >= 4 is 11.7 Å². The molecular weight excluding hydrogens is 204 g/mol. The first-order valence-electron chi connectivity index (χ1n) is 5.77. The smallest absolute Gasteiger partial charge is 0.259 e. The number of aromatic nitrogens is 2. The molecule has 2 N–H and O–H groups in total. The second-order valence-corrected chi connectivity index (χ2v) is 4.27. The average Bonchev–Trinajstić information content (AvgIpc) is 2.53. The van der Waals surface area contributed by atoms with Crippen molar-refractivity contribution < 1.29 is 4.79 Å². The summed E-state index contributed by atoms with van der Waals surface area (Å²) < 4.78 is 1.53. The van der Waals surface area contributed by atoms with E-state index in [1.807, 2.05) is 4.90 Å². The van der Waals surface area contributed by atoms with Gasteiger partial charge in [0.15, 0.2) is 0 Å². The molecule has 1 fully saturated rings. The van der Waals surface area contributed by atoms with Gasteiger partial charge in [-0.25, -0.2) is 0 Å². The Bertz CT molecular complexity index is 377. The van der Waals surface area contributed by atoms with E-state index in [1.165, 1.54) is 17.5 Å². The van der Waals surface area contributed by atoms with Crippen molar-refractivity contribution in [3.63, 3.8) is 0 Å². The van der Waals surface area contributed by atoms with Gasteiger partial charge in [-0.3, -0.25) is 9.48 Å². The van der Waals surface area contributed by atoms with Crippen LogP contribution >= 0.6 is 0 Å². The molecule has 0 atom stereocenters. The van der Waals surface area contributed by atoms with Crippen molar-refractivity contribution in [3.8, 4) is 0 Å². The molecule has 1 aromatic heterocycles. The predicted molar refractivity (Wildman–Crippen MR) is 62.0 cm³/mol. The van der Waals surface area contributed by atoms with Crippen LogP contribution in [-0.2, 0) is 7.05 Å². The lowest BCUT2D eigenvalue weighted by Gasteiger charge is -2.19. The molecule has 1 aliphatic rings. The quantitative estimate of drug-likeness (QED) is 0.771. The molecule has 0 aliphatic carbocycles. The molecule has 2 rings (SSSR count). The van der Waals surface area contributed by atoms with Crippen LogP contribution in [0, 0.1) is 0 Å². The maximum atomic E-state index is 12.2. The largest absolute Gasteiger partial charge is 0.383 e. The number of hydrogen-bond donors (Lipinski definition) is 1. The molecule has 1 aliphatic heterocycles. The number of nitrogens with two attached hydrogens (primary N) is 1. The normalized spacial score (nSPS) is 17.2. The van der Waals surface area contributed by atoms with Crippen LogP contribution in [0.4, 0.5) is 5.82 Å². The van der Waals surface area contributed by atoms with Crippen molar-refractivity contribution in [2.75, 3.05) is 18.8 Å². The van der Waals surface area contributed by atoms with Gasteiger partial charge in [0, 0.05) is 20.1 Å². The molecule has 0 saturated carbocycles. The number of carbonyl (C=O) groups is 1. The summed E-state index contributed by atoms with van der Waals surface area (Å²) in [4.78, 5) is 14.1. The fraction of sp³-hybridized carbons (Fsp3) is 0.636. The Balaban J connectivity index is 2.14. The lowest BCUT2D eigenvalue weighted by atomic mass is 10.2. The standard InChI is InChI=1S/C11H18N4O/c1-14-10(12)9(8-13-14)11(16)15-6-4-2-3-5-7-15/h8H,2-7,12H2,1H3. The van der Waals surface area contributed by atoms with Crippen molar-refractivity contribution in [3.05, 3.63) is 11.8 Å². The van der Waals surface area contributed by atoms with E-state index in [0.717, 1.165) is 25.9 Å². The number of likely N-dealkylation sites (tertiary alicyclic amines) is 1. The van der Waals surface area contributed by atoms with Gasteiger partial charge < -0.3 is 10.6 Å². The molecule has 1 saturated heterocycles. The molecule has 16 heavy (non-hydrogen) atoms. The Morgan fingerprint density at radius 2 is 1.94 bits per heavy atom. The molecule has 0 bridgehead atoms. The van der Waals surface area contributed by atoms with Gasteiger partial charge in [-0.1, -0.05) is 12.8 Å². The summed E-state index contributed by atoms with van der Waals surface area (Å²) in [6.45, 7) is 1.68. The molecule has 5 heteroatoms. The zero-order chi connectivity index (χ0) is 11.5. The van der Waals surface area contributed by atoms with Gasteiger partial charge in [-0.15, -0.1) is 0 Å². The topological polar surface area (TPSA) is 64.2 Å². The van der Waals surface area contributed by atoms with Crippen LogP contribution in [0.2, 0.25) is 0 Å². The summed E-state index contributed by atoms with van der Waals surface area (Å²) in [6.07, 6.45) is 6.17. The molecule has 0 unspecified atom stereocenters. The number of anilines is 1. The molecule has 1 aromatic rings. The minimum absolute atomic E-state index is 0.0208. The SMILES string of the molecule is Cn1ncc(C(=O)N2CCCCCC2)c1N. The molecule has 2 heterocycles. The van der Waals surface area contributed by atoms with Crippen LogP contribution in [0.1, 0.15) is 36.0 Å². The summed E-state index contributed by atoms with van der Waals surface area (Å²) >= 11 is 0. The second kappa shape index (κ2) is 4.55. The van der Waals surface area contributed by atoms with Gasteiger partial charge in [0.2, 0.25) is 0 Å². The van der Waals surface area contributed by atoms with E-state index in [1.54, 1.807) is 13.2 Å². The maximum absolute atomic E-state index is 12.2. The van der Waals surface area contributed by atoms with E-state index >= 15 is 0 Å². The molecule has 0 radical (unpaired) electrons. The van der Waals surface area contributed by atoms with Crippen LogP contribution in [0.3, 0.4) is 0 Å². The van der Waals surface area contributed by atoms with Crippen LogP contribution < -0.4 is 5.73 Å². The Hall–Kier alpha value is -1.52. The molecule has 0 spiro atoms. The van der Waals surface area contributed by atoms with E-state index in [9.17, 15) is 4.79 Å². The Labute approximate surface area is 95.2 Å². The third-order valence-electron chi connectivity index (χ3n) is 3.11. The number of amides is 1. The van der Waals surface area contributed by atoms with Gasteiger partial charge in [0.05, 0.1) is 6.20 Å². The van der Waals surface area contributed by atoms with Gasteiger partial charge in [0.25, 0.3) is 5.91 Å². The fourth-order valence-corrected chi connectivity index (χ4v) is 2.06. The van der Waals surface area contributed by atoms with Crippen LogP contribution in [0.25, 0.3) is 0 Å². The van der Waals surface area contributed by atoms with E-state index in [0.29, 0.717) is 11.4 Å². The monoisotopic (exact) mass is 222 g/mol. The summed E-state index contributed by atoms with van der Waals surface area (Å²) in [6, 6.07) is 0. The van der Waals surface area contributed by atoms with Gasteiger partial charge >= 0.3 is 0 Å². The summed E-state index contributed by atoms with van der Waals surface area (Å²) in [5.74, 6) is 0.474. The second-order valence-electron chi connectivity index (χ2n) is 4.27. The third-order valence-corrected chi connectivity index (χ3v) is 3.11. The molecule has 5 nitrogen and oxygen atoms in total. The predicted octanol–water partition coefficient (Wildman–Crippen LogP) is 1.02. The van der Waals surface area contributed by atoms with Crippen molar-refractivity contribution in [2.45, 2.75) is 25.7 Å². The Kier molecular flexibility index (Phi) is 3.12. The summed E-state index contributed by atoms with van der Waals surface area (Å²) in [7, 11) is 1.74. The lowest BCUT2D eigenvalue weighted by molar-refractivity contribution is 0.0762. The van der Waals surface area contributed by atoms with Crippen LogP contribution in [0.15, 0.2) is 6.20 Å². The molecule has 1 amide bonds. The van der Waals surface area contributed by atoms with Gasteiger partial charge in [-0.2, -0.15) is 5.10 Å². The van der Waals surface area contributed by atoms with E-state index in [-0.39, 0.29) is 5.91 Å². The van der Waals surface area contributed by atoms with E-state index in [2.05, 4.69) is 5.10 Å². The van der Waals surface area contributed by atoms with Crippen molar-refractivity contribution in [1.82, 2.24) is 14.7 Å². The number of nitrogens with zero attached hydrogens (tertiary/aromatic N) is 3. The molecule has 88 valence electrons. The Morgan fingerprint density at radius 1 is 1.31 bits per heavy atom. The van der Waals surface area contributed by atoms with Crippen LogP contribution in [-0.4, -0.2) is 33.7 Å². The van der Waals surface area contributed by atoms with Crippen molar-refractivity contribution in [1.29, 1.82) is 0 Å². The lowest BCUT2D eigenvalue weighted by Crippen LogP contribution is -2.32. The first kappa shape index (κ1) is 11.0. The number of rotatable bonds is 1. The number of hydrogen-bond acceptors (Lipinski definition) is 3. The molecule has 0 aromatic carbocycles. The fourth-order valence-electron chi connectivity index (χ4n) is 2.06. The van der Waals surface area contributed by atoms with E-state index < -0.39 is 0 Å². The number of nitrogen functional groups attached to an aromatic ring is 1. The zero-order valence-electron chi connectivity index (χ0n) is 9.65. The summed E-state index contributed by atoms with van der Waals surface area (Å²) in [5, 5.41) is 4.00. The highest BCUT2D eigenvalue weighted by Crippen LogP contribution is 2.16. The average molecular weight is 222 g/mol. The van der Waals surface area contributed by atoms with E-state index in [4.69, 9.17) is 5.73 Å². The highest BCUT2D eigenvalue weighted by molar-refractivity contribution is 5.98. The highest BCUT2D eigenvalue weighted by Gasteiger charge is 2.21. The zero-order valence-corrected chi connectivity index (χ0v) is 9.65. The van der Waals surface area contributed by atoms with Crippen molar-refractivity contribution in [2.24, 2.45) is 7.05 Å². The van der Waals surface area contributed by atoms with Gasteiger partial charge in [0.1, 0.15) is 11.4 Å².